The number of primary sulfonamides is 1. The molecule has 0 unspecified atom stereocenters. The molecule has 1 atom stereocenters. The Kier molecular flexibility index (Phi) is 6.60. The average molecular weight is 432 g/mol. The Labute approximate surface area is 162 Å². The molecule has 0 bridgehead atoms. The van der Waals surface area contributed by atoms with Crippen LogP contribution in [0, 0.1) is 0 Å². The van der Waals surface area contributed by atoms with Gasteiger partial charge in [0.15, 0.2) is 0 Å². The highest BCUT2D eigenvalue weighted by Crippen LogP contribution is 2.16. The van der Waals surface area contributed by atoms with Gasteiger partial charge in [-0.1, -0.05) is 29.8 Å². The van der Waals surface area contributed by atoms with Crippen molar-refractivity contribution in [3.63, 3.8) is 0 Å². The van der Waals surface area contributed by atoms with Crippen LogP contribution in [0.2, 0.25) is 5.02 Å². The lowest BCUT2D eigenvalue weighted by Crippen LogP contribution is -2.38. The Morgan fingerprint density at radius 2 is 1.70 bits per heavy atom. The Balaban J connectivity index is 1.97. The molecule has 2 aromatic carbocycles. The quantitative estimate of drug-likeness (QED) is 0.604. The minimum Gasteiger partial charge on any atom is -0.348 e. The highest BCUT2D eigenvalue weighted by molar-refractivity contribution is 7.89. The highest BCUT2D eigenvalue weighted by Gasteiger charge is 2.17. The van der Waals surface area contributed by atoms with E-state index in [0.717, 1.165) is 0 Å². The average Bonchev–Trinajstić information content (AvgIpc) is 2.59. The molecule has 0 aliphatic heterocycles. The van der Waals surface area contributed by atoms with E-state index in [-0.39, 0.29) is 14.8 Å². The molecule has 0 saturated heterocycles. The number of hydrogen-bond donors (Lipinski definition) is 3. The monoisotopic (exact) mass is 431 g/mol. The molecule has 146 valence electrons. The van der Waals surface area contributed by atoms with Crippen molar-refractivity contribution in [2.24, 2.45) is 5.14 Å². The molecule has 0 aromatic heterocycles. The number of nitrogens with two attached hydrogens (primary N) is 1. The molecule has 1 amide bonds. The van der Waals surface area contributed by atoms with Gasteiger partial charge in [-0.2, -0.15) is 0 Å². The van der Waals surface area contributed by atoms with Crippen molar-refractivity contribution in [3.8, 4) is 0 Å². The van der Waals surface area contributed by atoms with Gasteiger partial charge in [0.1, 0.15) is 0 Å². The van der Waals surface area contributed by atoms with E-state index in [2.05, 4.69) is 10.0 Å². The maximum atomic E-state index is 12.2. The summed E-state index contributed by atoms with van der Waals surface area (Å²) in [6, 6.07) is 10.9. The summed E-state index contributed by atoms with van der Waals surface area (Å²) in [6.07, 6.45) is 0. The topological polar surface area (TPSA) is 135 Å². The predicted molar refractivity (Wildman–Crippen MR) is 101 cm³/mol. The van der Waals surface area contributed by atoms with E-state index >= 15 is 0 Å². The molecular formula is C16H18ClN3O5S2. The maximum absolute atomic E-state index is 12.2. The van der Waals surface area contributed by atoms with E-state index in [1.165, 1.54) is 48.5 Å². The molecule has 0 radical (unpaired) electrons. The number of benzene rings is 2. The zero-order valence-corrected chi connectivity index (χ0v) is 16.6. The molecule has 0 spiro atoms. The SMILES string of the molecule is C[C@H](NC(=O)CNS(=O)(=O)c1cccc(Cl)c1)c1ccc(S(N)(=O)=O)cc1. The van der Waals surface area contributed by atoms with E-state index in [1.54, 1.807) is 6.92 Å². The summed E-state index contributed by atoms with van der Waals surface area (Å²) >= 11 is 5.77. The first-order valence-corrected chi connectivity index (χ1v) is 11.1. The normalized spacial score (nSPS) is 13.1. The largest absolute Gasteiger partial charge is 0.348 e. The second-order valence-electron chi connectivity index (χ2n) is 5.69. The van der Waals surface area contributed by atoms with Crippen LogP contribution in [-0.4, -0.2) is 29.3 Å². The van der Waals surface area contributed by atoms with Crippen LogP contribution < -0.4 is 15.2 Å². The molecule has 8 nitrogen and oxygen atoms in total. The molecule has 11 heteroatoms. The summed E-state index contributed by atoms with van der Waals surface area (Å²) in [5, 5.41) is 7.91. The van der Waals surface area contributed by atoms with Gasteiger partial charge < -0.3 is 5.32 Å². The van der Waals surface area contributed by atoms with E-state index in [0.29, 0.717) is 5.56 Å². The lowest BCUT2D eigenvalue weighted by atomic mass is 10.1. The number of carbonyl (C=O) groups excluding carboxylic acids is 1. The number of rotatable bonds is 7. The number of nitrogens with one attached hydrogen (secondary N) is 2. The molecule has 0 saturated carbocycles. The summed E-state index contributed by atoms with van der Waals surface area (Å²) < 4.78 is 49.0. The van der Waals surface area contributed by atoms with Gasteiger partial charge >= 0.3 is 0 Å². The first-order chi connectivity index (χ1) is 12.5. The lowest BCUT2D eigenvalue weighted by Gasteiger charge is -2.15. The third kappa shape index (κ3) is 6.01. The van der Waals surface area contributed by atoms with Crippen molar-refractivity contribution in [3.05, 3.63) is 59.1 Å². The lowest BCUT2D eigenvalue weighted by molar-refractivity contribution is -0.120. The minimum absolute atomic E-state index is 0.0425. The maximum Gasteiger partial charge on any atom is 0.241 e. The summed E-state index contributed by atoms with van der Waals surface area (Å²) in [7, 11) is -7.67. The van der Waals surface area contributed by atoms with Gasteiger partial charge in [0.2, 0.25) is 26.0 Å². The zero-order valence-electron chi connectivity index (χ0n) is 14.2. The second-order valence-corrected chi connectivity index (χ2v) is 9.45. The molecule has 4 N–H and O–H groups in total. The van der Waals surface area contributed by atoms with E-state index in [9.17, 15) is 21.6 Å². The molecule has 0 heterocycles. The Hall–Kier alpha value is -1.98. The fraction of sp³-hybridized carbons (Fsp3) is 0.188. The number of sulfonamides is 2. The van der Waals surface area contributed by atoms with Crippen LogP contribution in [0.3, 0.4) is 0 Å². The van der Waals surface area contributed by atoms with Gasteiger partial charge in [-0.3, -0.25) is 4.79 Å². The fourth-order valence-electron chi connectivity index (χ4n) is 2.20. The number of amides is 1. The molecule has 2 rings (SSSR count). The minimum atomic E-state index is -3.88. The van der Waals surface area contributed by atoms with Crippen LogP contribution in [-0.2, 0) is 24.8 Å². The van der Waals surface area contributed by atoms with Crippen LogP contribution in [0.25, 0.3) is 0 Å². The molecule has 2 aromatic rings. The van der Waals surface area contributed by atoms with Gasteiger partial charge in [0.25, 0.3) is 0 Å². The summed E-state index contributed by atoms with van der Waals surface area (Å²) in [6.45, 7) is 1.21. The summed E-state index contributed by atoms with van der Waals surface area (Å²) in [5.74, 6) is -0.552. The van der Waals surface area contributed by atoms with Crippen molar-refractivity contribution in [1.29, 1.82) is 0 Å². The highest BCUT2D eigenvalue weighted by atomic mass is 35.5. The smallest absolute Gasteiger partial charge is 0.241 e. The number of halogens is 1. The van der Waals surface area contributed by atoms with Crippen LogP contribution in [0.5, 0.6) is 0 Å². The predicted octanol–water partition coefficient (Wildman–Crippen LogP) is 1.14. The molecule has 0 aliphatic rings. The van der Waals surface area contributed by atoms with Gasteiger partial charge in [0.05, 0.1) is 22.4 Å². The first-order valence-electron chi connectivity index (χ1n) is 7.66. The molecular weight excluding hydrogens is 414 g/mol. The van der Waals surface area contributed by atoms with Crippen molar-refractivity contribution in [2.45, 2.75) is 22.8 Å². The van der Waals surface area contributed by atoms with Crippen molar-refractivity contribution < 1.29 is 21.6 Å². The number of carbonyl (C=O) groups is 1. The van der Waals surface area contributed by atoms with Gasteiger partial charge in [0, 0.05) is 5.02 Å². The third-order valence-electron chi connectivity index (χ3n) is 3.62. The zero-order chi connectivity index (χ0) is 20.2. The Bertz CT molecular complexity index is 1040. The van der Waals surface area contributed by atoms with Crippen molar-refractivity contribution in [1.82, 2.24) is 10.0 Å². The Morgan fingerprint density at radius 3 is 2.26 bits per heavy atom. The van der Waals surface area contributed by atoms with Crippen LogP contribution in [0.1, 0.15) is 18.5 Å². The second kappa shape index (κ2) is 8.36. The van der Waals surface area contributed by atoms with Crippen LogP contribution in [0.15, 0.2) is 58.3 Å². The van der Waals surface area contributed by atoms with Gasteiger partial charge in [-0.05, 0) is 42.8 Å². The van der Waals surface area contributed by atoms with Crippen LogP contribution >= 0.6 is 11.6 Å². The van der Waals surface area contributed by atoms with Gasteiger partial charge in [-0.25, -0.2) is 26.7 Å². The summed E-state index contributed by atoms with van der Waals surface area (Å²) in [4.78, 5) is 11.9. The van der Waals surface area contributed by atoms with Gasteiger partial charge in [-0.15, -0.1) is 0 Å². The molecule has 0 fully saturated rings. The van der Waals surface area contributed by atoms with E-state index in [1.807, 2.05) is 0 Å². The summed E-state index contributed by atoms with van der Waals surface area (Å²) in [5.41, 5.74) is 0.633. The molecule has 27 heavy (non-hydrogen) atoms. The standard InChI is InChI=1S/C16H18ClN3O5S2/c1-11(12-5-7-14(8-6-12)26(18,22)23)20-16(21)10-19-27(24,25)15-4-2-3-13(17)9-15/h2-9,11,19H,10H2,1H3,(H,20,21)(H2,18,22,23)/t11-/m0/s1. The first kappa shape index (κ1) is 21.3. The van der Waals surface area contributed by atoms with Crippen molar-refractivity contribution >= 4 is 37.6 Å². The Morgan fingerprint density at radius 1 is 1.07 bits per heavy atom. The molecule has 0 aliphatic carbocycles. The van der Waals surface area contributed by atoms with E-state index < -0.39 is 38.5 Å². The van der Waals surface area contributed by atoms with E-state index in [4.69, 9.17) is 16.7 Å². The van der Waals surface area contributed by atoms with Crippen LogP contribution in [0.4, 0.5) is 0 Å². The fourth-order valence-corrected chi connectivity index (χ4v) is 4.00. The third-order valence-corrected chi connectivity index (χ3v) is 6.18. The van der Waals surface area contributed by atoms with Crippen molar-refractivity contribution in [2.75, 3.05) is 6.54 Å². The number of hydrogen-bond acceptors (Lipinski definition) is 5.